The fourth-order valence-electron chi connectivity index (χ4n) is 2.57. The van der Waals surface area contributed by atoms with E-state index in [1.165, 1.54) is 6.21 Å². The Bertz CT molecular complexity index is 1080. The maximum absolute atomic E-state index is 12.0. The van der Waals surface area contributed by atoms with E-state index in [0.29, 0.717) is 28.6 Å². The number of hydrazone groups is 1. The first-order chi connectivity index (χ1) is 14.5. The summed E-state index contributed by atoms with van der Waals surface area (Å²) in [6.07, 6.45) is 1.43. The van der Waals surface area contributed by atoms with Gasteiger partial charge in [-0.25, -0.2) is 5.43 Å². The van der Waals surface area contributed by atoms with Crippen LogP contribution in [0.25, 0.3) is 0 Å². The molecule has 3 aromatic carbocycles. The number of ether oxygens (including phenoxy) is 1. The van der Waals surface area contributed by atoms with Crippen LogP contribution in [0.3, 0.4) is 0 Å². The number of benzene rings is 3. The molecular weight excluding hydrogens is 402 g/mol. The number of rotatable bonds is 6. The molecule has 0 unspecified atom stereocenters. The lowest BCUT2D eigenvalue weighted by molar-refractivity contribution is -0.136. The highest BCUT2D eigenvalue weighted by Crippen LogP contribution is 2.19. The zero-order valence-electron chi connectivity index (χ0n) is 16.3. The van der Waals surface area contributed by atoms with Crippen LogP contribution in [0.15, 0.2) is 77.9 Å². The second kappa shape index (κ2) is 10.2. The van der Waals surface area contributed by atoms with Crippen LogP contribution >= 0.6 is 11.6 Å². The molecule has 6 nitrogen and oxygen atoms in total. The molecule has 0 saturated heterocycles. The molecule has 0 atom stereocenters. The third kappa shape index (κ3) is 5.93. The Morgan fingerprint density at radius 3 is 2.57 bits per heavy atom. The molecule has 0 aliphatic rings. The van der Waals surface area contributed by atoms with E-state index in [2.05, 4.69) is 15.8 Å². The van der Waals surface area contributed by atoms with Crippen molar-refractivity contribution in [2.24, 2.45) is 5.10 Å². The number of aryl methyl sites for hydroxylation is 1. The van der Waals surface area contributed by atoms with Gasteiger partial charge in [0.1, 0.15) is 12.4 Å². The van der Waals surface area contributed by atoms with E-state index in [9.17, 15) is 9.59 Å². The maximum atomic E-state index is 12.0. The van der Waals surface area contributed by atoms with Crippen molar-refractivity contribution in [2.75, 3.05) is 5.32 Å². The number of amides is 2. The van der Waals surface area contributed by atoms with Crippen molar-refractivity contribution in [3.05, 3.63) is 94.5 Å². The number of carbonyl (C=O) groups is 2. The molecule has 30 heavy (non-hydrogen) atoms. The molecule has 0 bridgehead atoms. The minimum Gasteiger partial charge on any atom is -0.489 e. The van der Waals surface area contributed by atoms with Crippen molar-refractivity contribution in [1.82, 2.24) is 5.43 Å². The molecule has 0 radical (unpaired) electrons. The van der Waals surface area contributed by atoms with Crippen molar-refractivity contribution in [3.63, 3.8) is 0 Å². The average Bonchev–Trinajstić information content (AvgIpc) is 2.75. The Balaban J connectivity index is 1.54. The summed E-state index contributed by atoms with van der Waals surface area (Å²) in [7, 11) is 0. The monoisotopic (exact) mass is 421 g/mol. The molecule has 0 saturated carbocycles. The third-order valence-corrected chi connectivity index (χ3v) is 4.56. The predicted molar refractivity (Wildman–Crippen MR) is 118 cm³/mol. The van der Waals surface area contributed by atoms with Gasteiger partial charge < -0.3 is 10.1 Å². The van der Waals surface area contributed by atoms with Gasteiger partial charge in [0.15, 0.2) is 0 Å². The van der Waals surface area contributed by atoms with Crippen LogP contribution < -0.4 is 15.5 Å². The van der Waals surface area contributed by atoms with Gasteiger partial charge in [0.2, 0.25) is 0 Å². The second-order valence-electron chi connectivity index (χ2n) is 6.42. The van der Waals surface area contributed by atoms with Crippen molar-refractivity contribution >= 4 is 35.3 Å². The van der Waals surface area contributed by atoms with E-state index in [0.717, 1.165) is 11.1 Å². The number of para-hydroxylation sites is 1. The second-order valence-corrected chi connectivity index (χ2v) is 6.83. The van der Waals surface area contributed by atoms with Gasteiger partial charge in [0, 0.05) is 16.3 Å². The van der Waals surface area contributed by atoms with Gasteiger partial charge in [0.05, 0.1) is 6.21 Å². The summed E-state index contributed by atoms with van der Waals surface area (Å²) in [5.41, 5.74) is 5.23. The van der Waals surface area contributed by atoms with Crippen LogP contribution in [-0.4, -0.2) is 18.0 Å². The Morgan fingerprint density at radius 2 is 1.77 bits per heavy atom. The summed E-state index contributed by atoms with van der Waals surface area (Å²) in [5.74, 6) is -1.03. The molecule has 0 fully saturated rings. The molecule has 0 aliphatic carbocycles. The topological polar surface area (TPSA) is 79.8 Å². The molecule has 0 aromatic heterocycles. The largest absolute Gasteiger partial charge is 0.489 e. The number of nitrogens with one attached hydrogen (secondary N) is 2. The Morgan fingerprint density at radius 1 is 1.00 bits per heavy atom. The molecule has 2 N–H and O–H groups in total. The van der Waals surface area contributed by atoms with Gasteiger partial charge in [-0.2, -0.15) is 5.10 Å². The Labute approximate surface area is 179 Å². The molecule has 152 valence electrons. The van der Waals surface area contributed by atoms with Gasteiger partial charge >= 0.3 is 11.8 Å². The molecule has 3 rings (SSSR count). The Kier molecular flexibility index (Phi) is 7.19. The summed E-state index contributed by atoms with van der Waals surface area (Å²) in [4.78, 5) is 23.9. The number of hydrogen-bond acceptors (Lipinski definition) is 4. The van der Waals surface area contributed by atoms with Crippen LogP contribution in [-0.2, 0) is 16.2 Å². The van der Waals surface area contributed by atoms with Gasteiger partial charge in [-0.05, 0) is 42.3 Å². The fraction of sp³-hybridized carbons (Fsp3) is 0.0870. The van der Waals surface area contributed by atoms with Gasteiger partial charge in [-0.15, -0.1) is 0 Å². The van der Waals surface area contributed by atoms with Gasteiger partial charge in [-0.3, -0.25) is 9.59 Å². The molecule has 3 aromatic rings. The first-order valence-corrected chi connectivity index (χ1v) is 9.57. The van der Waals surface area contributed by atoms with Crippen molar-refractivity contribution in [2.45, 2.75) is 13.5 Å². The summed E-state index contributed by atoms with van der Waals surface area (Å²) >= 11 is 6.13. The standard InChI is InChI=1S/C23H20ClN3O3/c1-16-7-2-5-12-21(16)26-22(28)23(29)27-25-14-17-8-6-10-19(13-17)30-15-18-9-3-4-11-20(18)24/h2-14H,15H2,1H3,(H,26,28)(H,27,29)/b25-14-. The first-order valence-electron chi connectivity index (χ1n) is 9.19. The quantitative estimate of drug-likeness (QED) is 0.353. The molecule has 0 heterocycles. The molecule has 0 spiro atoms. The van der Waals surface area contributed by atoms with Crippen molar-refractivity contribution < 1.29 is 14.3 Å². The molecule has 2 amide bonds. The number of anilines is 1. The predicted octanol–water partition coefficient (Wildman–Crippen LogP) is 4.32. The SMILES string of the molecule is Cc1ccccc1NC(=O)C(=O)N/N=C\c1cccc(OCc2ccccc2Cl)c1. The van der Waals surface area contributed by atoms with E-state index >= 15 is 0 Å². The van der Waals surface area contributed by atoms with Crippen LogP contribution in [0.4, 0.5) is 5.69 Å². The van der Waals surface area contributed by atoms with Gasteiger partial charge in [-0.1, -0.05) is 60.1 Å². The van der Waals surface area contributed by atoms with Crippen LogP contribution in [0, 0.1) is 6.92 Å². The minimum atomic E-state index is -0.861. The summed E-state index contributed by atoms with van der Waals surface area (Å²) in [6.45, 7) is 2.17. The van der Waals surface area contributed by atoms with Crippen molar-refractivity contribution in [1.29, 1.82) is 0 Å². The number of carbonyl (C=O) groups excluding carboxylic acids is 2. The highest BCUT2D eigenvalue weighted by molar-refractivity contribution is 6.39. The van der Waals surface area contributed by atoms with Crippen LogP contribution in [0.1, 0.15) is 16.7 Å². The molecule has 0 aliphatic heterocycles. The van der Waals surface area contributed by atoms with E-state index in [1.54, 1.807) is 36.4 Å². The van der Waals surface area contributed by atoms with E-state index in [-0.39, 0.29) is 0 Å². The van der Waals surface area contributed by atoms with Crippen molar-refractivity contribution in [3.8, 4) is 5.75 Å². The summed E-state index contributed by atoms with van der Waals surface area (Å²) in [5, 5.41) is 7.03. The lowest BCUT2D eigenvalue weighted by Gasteiger charge is -2.08. The van der Waals surface area contributed by atoms with Gasteiger partial charge in [0.25, 0.3) is 0 Å². The summed E-state index contributed by atoms with van der Waals surface area (Å²) < 4.78 is 5.76. The van der Waals surface area contributed by atoms with Crippen LogP contribution in [0.2, 0.25) is 5.02 Å². The highest BCUT2D eigenvalue weighted by Gasteiger charge is 2.13. The smallest absolute Gasteiger partial charge is 0.329 e. The zero-order valence-corrected chi connectivity index (χ0v) is 17.0. The lowest BCUT2D eigenvalue weighted by atomic mass is 10.2. The molecular formula is C23H20ClN3O3. The van der Waals surface area contributed by atoms with E-state index in [4.69, 9.17) is 16.3 Å². The number of halogens is 1. The number of hydrogen-bond donors (Lipinski definition) is 2. The lowest BCUT2D eigenvalue weighted by Crippen LogP contribution is -2.32. The Hall–Kier alpha value is -3.64. The maximum Gasteiger partial charge on any atom is 0.329 e. The average molecular weight is 422 g/mol. The normalized spacial score (nSPS) is 10.6. The van der Waals surface area contributed by atoms with E-state index in [1.807, 2.05) is 43.3 Å². The number of nitrogens with zero attached hydrogens (tertiary/aromatic N) is 1. The molecule has 7 heteroatoms. The third-order valence-electron chi connectivity index (χ3n) is 4.19. The minimum absolute atomic E-state index is 0.329. The van der Waals surface area contributed by atoms with E-state index < -0.39 is 11.8 Å². The fourth-order valence-corrected chi connectivity index (χ4v) is 2.76. The highest BCUT2D eigenvalue weighted by atomic mass is 35.5. The summed E-state index contributed by atoms with van der Waals surface area (Å²) in [6, 6.07) is 21.8. The first kappa shape index (κ1) is 21.1. The zero-order chi connectivity index (χ0) is 21.3. The van der Waals surface area contributed by atoms with Crippen LogP contribution in [0.5, 0.6) is 5.75 Å².